The maximum absolute atomic E-state index is 12.3. The van der Waals surface area contributed by atoms with Gasteiger partial charge in [-0.05, 0) is 38.5 Å². The Morgan fingerprint density at radius 2 is 2.00 bits per heavy atom. The molecule has 2 unspecified atom stereocenters. The van der Waals surface area contributed by atoms with Gasteiger partial charge in [0, 0.05) is 13.1 Å². The topological polar surface area (TPSA) is 83.6 Å². The second-order valence-corrected chi connectivity index (χ2v) is 5.49. The average Bonchev–Trinajstić information content (AvgIpc) is 3.12. The maximum Gasteiger partial charge on any atom is 0.308 e. The number of aliphatic carboxylic acids is 1. The largest absolute Gasteiger partial charge is 0.481 e. The molecule has 1 aliphatic carbocycles. The summed E-state index contributed by atoms with van der Waals surface area (Å²) in [6.45, 7) is 2.73. The third-order valence-electron chi connectivity index (χ3n) is 3.94. The van der Waals surface area contributed by atoms with Crippen LogP contribution in [0.4, 0.5) is 0 Å². The van der Waals surface area contributed by atoms with Crippen LogP contribution >= 0.6 is 0 Å². The van der Waals surface area contributed by atoms with Crippen molar-refractivity contribution in [3.8, 4) is 0 Å². The van der Waals surface area contributed by atoms with Crippen LogP contribution in [-0.2, 0) is 9.59 Å². The molecule has 0 spiro atoms. The number of carbonyl (C=O) groups excluding carboxylic acids is 1. The summed E-state index contributed by atoms with van der Waals surface area (Å²) in [4.78, 5) is 24.9. The van der Waals surface area contributed by atoms with E-state index in [1.165, 1.54) is 0 Å². The van der Waals surface area contributed by atoms with Crippen LogP contribution in [0.15, 0.2) is 0 Å². The quantitative estimate of drug-likeness (QED) is 0.749. The highest BCUT2D eigenvalue weighted by Gasteiger charge is 2.46. The number of hydrogen-bond donors (Lipinski definition) is 2. The minimum atomic E-state index is -0.812. The zero-order chi connectivity index (χ0) is 12.6. The number of piperidine rings is 1. The van der Waals surface area contributed by atoms with Crippen molar-refractivity contribution in [3.63, 3.8) is 0 Å². The fraction of sp³-hybridized carbons (Fsp3) is 0.833. The van der Waals surface area contributed by atoms with Gasteiger partial charge in [-0.1, -0.05) is 0 Å². The van der Waals surface area contributed by atoms with Crippen LogP contribution in [0.1, 0.15) is 32.6 Å². The molecule has 96 valence electrons. The number of carbonyl (C=O) groups is 2. The summed E-state index contributed by atoms with van der Waals surface area (Å²) >= 11 is 0. The third-order valence-corrected chi connectivity index (χ3v) is 3.94. The third kappa shape index (κ3) is 2.44. The number of rotatable bonds is 3. The lowest BCUT2D eigenvalue weighted by atomic mass is 9.92. The van der Waals surface area contributed by atoms with E-state index in [0.29, 0.717) is 19.5 Å². The van der Waals surface area contributed by atoms with E-state index >= 15 is 0 Å². The molecule has 0 aromatic heterocycles. The maximum atomic E-state index is 12.3. The van der Waals surface area contributed by atoms with Gasteiger partial charge in [0.1, 0.15) is 0 Å². The molecule has 2 fully saturated rings. The molecule has 1 saturated carbocycles. The lowest BCUT2D eigenvalue weighted by molar-refractivity contribution is -0.147. The van der Waals surface area contributed by atoms with Gasteiger partial charge in [0.2, 0.25) is 5.91 Å². The average molecular weight is 240 g/mol. The van der Waals surface area contributed by atoms with Crippen LogP contribution in [0.25, 0.3) is 0 Å². The highest BCUT2D eigenvalue weighted by molar-refractivity contribution is 5.87. The number of carboxylic acids is 1. The summed E-state index contributed by atoms with van der Waals surface area (Å²) in [5, 5.41) is 8.99. The van der Waals surface area contributed by atoms with Gasteiger partial charge in [0.25, 0.3) is 0 Å². The van der Waals surface area contributed by atoms with Crippen LogP contribution in [0.3, 0.4) is 0 Å². The standard InChI is InChI=1S/C12H20N2O3/c1-12(13,9-4-5-9)11(17)14-6-2-3-8(7-14)10(15)16/h8-9H,2-7,13H2,1H3,(H,15,16). The number of nitrogens with two attached hydrogens (primary N) is 1. The molecule has 0 aromatic rings. The first kappa shape index (κ1) is 12.4. The summed E-state index contributed by atoms with van der Waals surface area (Å²) in [5.41, 5.74) is 5.27. The van der Waals surface area contributed by atoms with Crippen molar-refractivity contribution < 1.29 is 14.7 Å². The fourth-order valence-corrected chi connectivity index (χ4v) is 2.56. The van der Waals surface area contributed by atoms with E-state index in [9.17, 15) is 9.59 Å². The van der Waals surface area contributed by atoms with Gasteiger partial charge in [0.05, 0.1) is 11.5 Å². The van der Waals surface area contributed by atoms with Crippen LogP contribution in [0, 0.1) is 11.8 Å². The van der Waals surface area contributed by atoms with Crippen LogP contribution < -0.4 is 5.73 Å². The zero-order valence-electron chi connectivity index (χ0n) is 10.2. The van der Waals surface area contributed by atoms with E-state index < -0.39 is 17.4 Å². The van der Waals surface area contributed by atoms with Gasteiger partial charge < -0.3 is 15.7 Å². The summed E-state index contributed by atoms with van der Waals surface area (Å²) in [6.07, 6.45) is 3.43. The number of hydrogen-bond acceptors (Lipinski definition) is 3. The van der Waals surface area contributed by atoms with Crippen molar-refractivity contribution >= 4 is 11.9 Å². The molecule has 2 aliphatic rings. The van der Waals surface area contributed by atoms with Crippen molar-refractivity contribution in [1.82, 2.24) is 4.90 Å². The number of amides is 1. The van der Waals surface area contributed by atoms with Crippen LogP contribution in [0.5, 0.6) is 0 Å². The monoisotopic (exact) mass is 240 g/mol. The van der Waals surface area contributed by atoms with Gasteiger partial charge in [-0.25, -0.2) is 0 Å². The minimum absolute atomic E-state index is 0.0778. The molecule has 0 radical (unpaired) electrons. The highest BCUT2D eigenvalue weighted by atomic mass is 16.4. The van der Waals surface area contributed by atoms with Crippen molar-refractivity contribution in [3.05, 3.63) is 0 Å². The predicted octanol–water partition coefficient (Wildman–Crippen LogP) is 0.437. The molecule has 2 rings (SSSR count). The lowest BCUT2D eigenvalue weighted by Crippen LogP contribution is -2.57. The van der Waals surface area contributed by atoms with Gasteiger partial charge in [-0.15, -0.1) is 0 Å². The van der Waals surface area contributed by atoms with Crippen molar-refractivity contribution in [2.75, 3.05) is 13.1 Å². The summed E-state index contributed by atoms with van der Waals surface area (Å²) in [5.74, 6) is -1.04. The van der Waals surface area contributed by atoms with E-state index in [4.69, 9.17) is 10.8 Å². The highest BCUT2D eigenvalue weighted by Crippen LogP contribution is 2.39. The smallest absolute Gasteiger partial charge is 0.308 e. The Balaban J connectivity index is 2.01. The first-order valence-electron chi connectivity index (χ1n) is 6.24. The molecule has 5 nitrogen and oxygen atoms in total. The van der Waals surface area contributed by atoms with E-state index in [2.05, 4.69) is 0 Å². The summed E-state index contributed by atoms with van der Waals surface area (Å²) in [6, 6.07) is 0. The fourth-order valence-electron chi connectivity index (χ4n) is 2.56. The Morgan fingerprint density at radius 1 is 1.35 bits per heavy atom. The van der Waals surface area contributed by atoms with Crippen molar-refractivity contribution in [1.29, 1.82) is 0 Å². The Morgan fingerprint density at radius 3 is 2.53 bits per heavy atom. The van der Waals surface area contributed by atoms with Crippen LogP contribution in [-0.4, -0.2) is 40.5 Å². The van der Waals surface area contributed by atoms with Gasteiger partial charge in [-0.3, -0.25) is 9.59 Å². The van der Waals surface area contributed by atoms with Crippen molar-refractivity contribution in [2.45, 2.75) is 38.1 Å². The first-order chi connectivity index (χ1) is 7.93. The Kier molecular flexibility index (Phi) is 3.12. The number of likely N-dealkylation sites (tertiary alicyclic amines) is 1. The molecular formula is C12H20N2O3. The molecule has 1 aliphatic heterocycles. The molecule has 3 N–H and O–H groups in total. The minimum Gasteiger partial charge on any atom is -0.481 e. The van der Waals surface area contributed by atoms with Crippen LogP contribution in [0.2, 0.25) is 0 Å². The first-order valence-corrected chi connectivity index (χ1v) is 6.24. The molecular weight excluding hydrogens is 220 g/mol. The number of carboxylic acid groups (broad SMARTS) is 1. The SMILES string of the molecule is CC(N)(C(=O)N1CCCC(C(=O)O)C1)C1CC1. The van der Waals surface area contributed by atoms with Gasteiger partial charge in [0.15, 0.2) is 0 Å². The molecule has 1 heterocycles. The summed E-state index contributed by atoms with van der Waals surface area (Å²) in [7, 11) is 0. The van der Waals surface area contributed by atoms with E-state index in [-0.39, 0.29) is 11.8 Å². The zero-order valence-corrected chi connectivity index (χ0v) is 10.2. The lowest BCUT2D eigenvalue weighted by Gasteiger charge is -2.36. The molecule has 1 amide bonds. The van der Waals surface area contributed by atoms with E-state index in [0.717, 1.165) is 19.3 Å². The Hall–Kier alpha value is -1.10. The predicted molar refractivity (Wildman–Crippen MR) is 62.3 cm³/mol. The van der Waals surface area contributed by atoms with Gasteiger partial charge in [-0.2, -0.15) is 0 Å². The van der Waals surface area contributed by atoms with Gasteiger partial charge >= 0.3 is 5.97 Å². The molecule has 2 atom stereocenters. The van der Waals surface area contributed by atoms with E-state index in [1.807, 2.05) is 0 Å². The summed E-state index contributed by atoms with van der Waals surface area (Å²) < 4.78 is 0. The molecule has 1 saturated heterocycles. The Labute approximate surface area is 101 Å². The second-order valence-electron chi connectivity index (χ2n) is 5.49. The Bertz CT molecular complexity index is 337. The number of nitrogens with zero attached hydrogens (tertiary/aromatic N) is 1. The molecule has 17 heavy (non-hydrogen) atoms. The van der Waals surface area contributed by atoms with Crippen molar-refractivity contribution in [2.24, 2.45) is 17.6 Å². The van der Waals surface area contributed by atoms with E-state index in [1.54, 1.807) is 11.8 Å². The second kappa shape index (κ2) is 4.29. The molecule has 5 heteroatoms. The molecule has 0 aromatic carbocycles. The normalized spacial score (nSPS) is 28.6. The molecule has 0 bridgehead atoms.